The second kappa shape index (κ2) is 4.87. The second-order valence-electron chi connectivity index (χ2n) is 2.55. The smallest absolute Gasteiger partial charge is 0.133 e. The van der Waals surface area contributed by atoms with E-state index in [-0.39, 0.29) is 5.84 Å². The van der Waals surface area contributed by atoms with E-state index in [2.05, 4.69) is 15.9 Å². The SMILES string of the molecule is N=C(N)CCOc1ccccc1Br. The van der Waals surface area contributed by atoms with Crippen molar-refractivity contribution in [2.45, 2.75) is 6.42 Å². The zero-order valence-corrected chi connectivity index (χ0v) is 8.67. The molecule has 0 bridgehead atoms. The number of hydrogen-bond donors (Lipinski definition) is 2. The summed E-state index contributed by atoms with van der Waals surface area (Å²) in [6.07, 6.45) is 0.460. The third kappa shape index (κ3) is 3.46. The van der Waals surface area contributed by atoms with Crippen LogP contribution in [0, 0.1) is 5.41 Å². The Morgan fingerprint density at radius 2 is 2.15 bits per heavy atom. The molecule has 0 atom stereocenters. The largest absolute Gasteiger partial charge is 0.492 e. The normalized spacial score (nSPS) is 9.62. The highest BCUT2D eigenvalue weighted by Gasteiger charge is 1.98. The van der Waals surface area contributed by atoms with Gasteiger partial charge in [-0.3, -0.25) is 5.41 Å². The molecule has 4 heteroatoms. The van der Waals surface area contributed by atoms with E-state index < -0.39 is 0 Å². The molecule has 0 aliphatic carbocycles. The number of amidine groups is 1. The van der Waals surface area contributed by atoms with Crippen molar-refractivity contribution in [3.8, 4) is 5.75 Å². The van der Waals surface area contributed by atoms with Crippen LogP contribution in [0.15, 0.2) is 28.7 Å². The number of rotatable bonds is 4. The maximum absolute atomic E-state index is 7.00. The lowest BCUT2D eigenvalue weighted by atomic mass is 10.3. The molecule has 0 saturated carbocycles. The molecule has 70 valence electrons. The number of ether oxygens (including phenoxy) is 1. The molecular weight excluding hydrogens is 232 g/mol. The van der Waals surface area contributed by atoms with Crippen molar-refractivity contribution in [3.63, 3.8) is 0 Å². The topological polar surface area (TPSA) is 59.1 Å². The molecule has 3 nitrogen and oxygen atoms in total. The van der Waals surface area contributed by atoms with Crippen molar-refractivity contribution in [2.75, 3.05) is 6.61 Å². The molecule has 0 radical (unpaired) electrons. The Hall–Kier alpha value is -1.03. The Balaban J connectivity index is 2.45. The van der Waals surface area contributed by atoms with Crippen LogP contribution < -0.4 is 10.5 Å². The highest BCUT2D eigenvalue weighted by molar-refractivity contribution is 9.10. The lowest BCUT2D eigenvalue weighted by molar-refractivity contribution is 0.326. The van der Waals surface area contributed by atoms with Crippen LogP contribution in [-0.2, 0) is 0 Å². The first kappa shape index (κ1) is 10.1. The number of benzene rings is 1. The van der Waals surface area contributed by atoms with Crippen molar-refractivity contribution >= 4 is 21.8 Å². The van der Waals surface area contributed by atoms with Gasteiger partial charge in [0.2, 0.25) is 0 Å². The quantitative estimate of drug-likeness (QED) is 0.628. The Morgan fingerprint density at radius 3 is 2.77 bits per heavy atom. The van der Waals surface area contributed by atoms with Gasteiger partial charge in [-0.15, -0.1) is 0 Å². The van der Waals surface area contributed by atoms with Gasteiger partial charge in [0, 0.05) is 6.42 Å². The molecule has 0 saturated heterocycles. The van der Waals surface area contributed by atoms with Crippen LogP contribution in [0.25, 0.3) is 0 Å². The molecule has 0 amide bonds. The number of nitrogens with two attached hydrogens (primary N) is 1. The van der Waals surface area contributed by atoms with Gasteiger partial charge in [-0.05, 0) is 28.1 Å². The highest BCUT2D eigenvalue weighted by atomic mass is 79.9. The molecule has 0 fully saturated rings. The summed E-state index contributed by atoms with van der Waals surface area (Å²) in [5, 5.41) is 7.00. The first-order valence-electron chi connectivity index (χ1n) is 3.90. The number of hydrogen-bond acceptors (Lipinski definition) is 2. The fourth-order valence-electron chi connectivity index (χ4n) is 0.833. The second-order valence-corrected chi connectivity index (χ2v) is 3.41. The number of para-hydroxylation sites is 1. The molecule has 0 aliphatic heterocycles. The van der Waals surface area contributed by atoms with Crippen molar-refractivity contribution in [3.05, 3.63) is 28.7 Å². The van der Waals surface area contributed by atoms with Gasteiger partial charge < -0.3 is 10.5 Å². The molecule has 0 unspecified atom stereocenters. The van der Waals surface area contributed by atoms with Gasteiger partial charge in [0.05, 0.1) is 16.9 Å². The average molecular weight is 243 g/mol. The predicted octanol–water partition coefficient (Wildman–Crippen LogP) is 2.15. The maximum atomic E-state index is 7.00. The summed E-state index contributed by atoms with van der Waals surface area (Å²) in [6, 6.07) is 7.59. The van der Waals surface area contributed by atoms with E-state index in [0.29, 0.717) is 13.0 Å². The minimum absolute atomic E-state index is 0.145. The van der Waals surface area contributed by atoms with Gasteiger partial charge in [0.15, 0.2) is 0 Å². The summed E-state index contributed by atoms with van der Waals surface area (Å²) in [5.41, 5.74) is 5.19. The highest BCUT2D eigenvalue weighted by Crippen LogP contribution is 2.23. The predicted molar refractivity (Wildman–Crippen MR) is 56.2 cm³/mol. The Bertz CT molecular complexity index is 301. The van der Waals surface area contributed by atoms with Gasteiger partial charge in [-0.1, -0.05) is 12.1 Å². The lowest BCUT2D eigenvalue weighted by Gasteiger charge is -2.06. The fourth-order valence-corrected chi connectivity index (χ4v) is 1.23. The molecule has 0 spiro atoms. The minimum Gasteiger partial charge on any atom is -0.492 e. The standard InChI is InChI=1S/C9H11BrN2O/c10-7-3-1-2-4-8(7)13-6-5-9(11)12/h1-4H,5-6H2,(H3,11,12). The average Bonchev–Trinajstić information content (AvgIpc) is 2.08. The fraction of sp³-hybridized carbons (Fsp3) is 0.222. The molecular formula is C9H11BrN2O. The zero-order chi connectivity index (χ0) is 9.68. The van der Waals surface area contributed by atoms with Gasteiger partial charge in [-0.2, -0.15) is 0 Å². The summed E-state index contributed by atoms with van der Waals surface area (Å²) in [5.74, 6) is 0.927. The third-order valence-corrected chi connectivity index (χ3v) is 2.12. The first-order chi connectivity index (χ1) is 6.20. The van der Waals surface area contributed by atoms with Crippen molar-refractivity contribution < 1.29 is 4.74 Å². The Labute approximate surface area is 85.5 Å². The van der Waals surface area contributed by atoms with Gasteiger partial charge in [0.1, 0.15) is 5.75 Å². The van der Waals surface area contributed by atoms with E-state index in [1.807, 2.05) is 24.3 Å². The number of nitrogens with one attached hydrogen (secondary N) is 1. The van der Waals surface area contributed by atoms with Crippen molar-refractivity contribution in [2.24, 2.45) is 5.73 Å². The summed E-state index contributed by atoms with van der Waals surface area (Å²) in [6.45, 7) is 0.442. The van der Waals surface area contributed by atoms with E-state index in [0.717, 1.165) is 10.2 Å². The maximum Gasteiger partial charge on any atom is 0.133 e. The summed E-state index contributed by atoms with van der Waals surface area (Å²) in [4.78, 5) is 0. The van der Waals surface area contributed by atoms with Gasteiger partial charge in [-0.25, -0.2) is 0 Å². The van der Waals surface area contributed by atoms with Crippen molar-refractivity contribution in [1.82, 2.24) is 0 Å². The Morgan fingerprint density at radius 1 is 1.46 bits per heavy atom. The van der Waals surface area contributed by atoms with Crippen LogP contribution in [0.2, 0.25) is 0 Å². The molecule has 1 aromatic rings. The molecule has 0 aliphatic rings. The van der Waals surface area contributed by atoms with E-state index >= 15 is 0 Å². The van der Waals surface area contributed by atoms with Crippen LogP contribution in [0.4, 0.5) is 0 Å². The summed E-state index contributed by atoms with van der Waals surface area (Å²) in [7, 11) is 0. The summed E-state index contributed by atoms with van der Waals surface area (Å²) < 4.78 is 6.30. The first-order valence-corrected chi connectivity index (χ1v) is 4.69. The van der Waals surface area contributed by atoms with E-state index in [9.17, 15) is 0 Å². The van der Waals surface area contributed by atoms with Crippen LogP contribution in [0.1, 0.15) is 6.42 Å². The van der Waals surface area contributed by atoms with Gasteiger partial charge >= 0.3 is 0 Å². The minimum atomic E-state index is 0.145. The van der Waals surface area contributed by atoms with Crippen LogP contribution in [0.3, 0.4) is 0 Å². The van der Waals surface area contributed by atoms with E-state index in [1.54, 1.807) is 0 Å². The van der Waals surface area contributed by atoms with Gasteiger partial charge in [0.25, 0.3) is 0 Å². The van der Waals surface area contributed by atoms with Crippen LogP contribution in [-0.4, -0.2) is 12.4 Å². The Kier molecular flexibility index (Phi) is 3.76. The molecule has 3 N–H and O–H groups in total. The summed E-state index contributed by atoms with van der Waals surface area (Å²) >= 11 is 3.35. The van der Waals surface area contributed by atoms with E-state index in [4.69, 9.17) is 15.9 Å². The third-order valence-electron chi connectivity index (χ3n) is 1.47. The monoisotopic (exact) mass is 242 g/mol. The number of halogens is 1. The molecule has 0 aromatic heterocycles. The molecule has 1 rings (SSSR count). The lowest BCUT2D eigenvalue weighted by Crippen LogP contribution is -2.13. The molecule has 0 heterocycles. The molecule has 13 heavy (non-hydrogen) atoms. The van der Waals surface area contributed by atoms with E-state index in [1.165, 1.54) is 0 Å². The zero-order valence-electron chi connectivity index (χ0n) is 7.09. The van der Waals surface area contributed by atoms with Crippen LogP contribution >= 0.6 is 15.9 Å². The van der Waals surface area contributed by atoms with Crippen molar-refractivity contribution in [1.29, 1.82) is 5.41 Å². The molecule has 1 aromatic carbocycles. The van der Waals surface area contributed by atoms with Crippen LogP contribution in [0.5, 0.6) is 5.75 Å².